The van der Waals surface area contributed by atoms with Gasteiger partial charge in [-0.15, -0.1) is 10.2 Å². The van der Waals surface area contributed by atoms with E-state index in [0.29, 0.717) is 11.6 Å². The van der Waals surface area contributed by atoms with E-state index in [2.05, 4.69) is 15.2 Å². The summed E-state index contributed by atoms with van der Waals surface area (Å²) in [5, 5.41) is 7.92. The summed E-state index contributed by atoms with van der Waals surface area (Å²) in [6.07, 6.45) is 0. The quantitative estimate of drug-likeness (QED) is 0.692. The predicted molar refractivity (Wildman–Crippen MR) is 70.0 cm³/mol. The summed E-state index contributed by atoms with van der Waals surface area (Å²) in [6, 6.07) is 3.79. The van der Waals surface area contributed by atoms with Gasteiger partial charge in [0.15, 0.2) is 17.5 Å². The average Bonchev–Trinajstić information content (AvgIpc) is 2.77. The molecule has 102 valence electrons. The van der Waals surface area contributed by atoms with Crippen molar-refractivity contribution in [1.82, 2.24) is 19.6 Å². The van der Waals surface area contributed by atoms with Gasteiger partial charge in [0.1, 0.15) is 0 Å². The molecule has 0 bridgehead atoms. The van der Waals surface area contributed by atoms with Gasteiger partial charge in [0.2, 0.25) is 0 Å². The van der Waals surface area contributed by atoms with Gasteiger partial charge in [-0.2, -0.15) is 0 Å². The number of nitrogens with two attached hydrogens (primary N) is 1. The highest BCUT2D eigenvalue weighted by molar-refractivity contribution is 5.73. The molecule has 0 saturated carbocycles. The van der Waals surface area contributed by atoms with Crippen molar-refractivity contribution in [2.24, 2.45) is 0 Å². The second kappa shape index (κ2) is 4.22. The van der Waals surface area contributed by atoms with Crippen molar-refractivity contribution in [3.63, 3.8) is 0 Å². The van der Waals surface area contributed by atoms with Gasteiger partial charge in [0, 0.05) is 28.7 Å². The maximum atomic E-state index is 13.4. The summed E-state index contributed by atoms with van der Waals surface area (Å²) in [4.78, 5) is 4.23. The zero-order chi connectivity index (χ0) is 14.4. The maximum absolute atomic E-state index is 13.4. The zero-order valence-corrected chi connectivity index (χ0v) is 10.9. The standard InChI is InChI=1S/C13H11F2N5/c1-6-3-7(2)20-12(18-19-13(20)17-6)8-4-9(14)10(15)5-11(8)16/h3-5H,16H2,1-2H3. The van der Waals surface area contributed by atoms with Crippen LogP contribution < -0.4 is 5.73 Å². The zero-order valence-electron chi connectivity index (χ0n) is 10.9. The van der Waals surface area contributed by atoms with Crippen LogP contribution in [-0.4, -0.2) is 19.6 Å². The van der Waals surface area contributed by atoms with Gasteiger partial charge in [-0.1, -0.05) is 0 Å². The summed E-state index contributed by atoms with van der Waals surface area (Å²) < 4.78 is 28.2. The number of fused-ring (bicyclic) bond motifs is 1. The molecule has 0 aliphatic rings. The number of halogens is 2. The van der Waals surface area contributed by atoms with Crippen LogP contribution in [-0.2, 0) is 0 Å². The van der Waals surface area contributed by atoms with Gasteiger partial charge < -0.3 is 5.73 Å². The molecule has 0 aliphatic heterocycles. The lowest BCUT2D eigenvalue weighted by Gasteiger charge is -2.07. The van der Waals surface area contributed by atoms with Crippen LogP contribution >= 0.6 is 0 Å². The Kier molecular flexibility index (Phi) is 2.63. The van der Waals surface area contributed by atoms with Crippen molar-refractivity contribution < 1.29 is 8.78 Å². The monoisotopic (exact) mass is 275 g/mol. The molecule has 7 heteroatoms. The van der Waals surface area contributed by atoms with E-state index in [1.807, 2.05) is 19.9 Å². The van der Waals surface area contributed by atoms with E-state index in [0.717, 1.165) is 23.5 Å². The van der Waals surface area contributed by atoms with E-state index in [4.69, 9.17) is 5.73 Å². The van der Waals surface area contributed by atoms with E-state index in [-0.39, 0.29) is 11.3 Å². The fraction of sp³-hybridized carbons (Fsp3) is 0.154. The third-order valence-electron chi connectivity index (χ3n) is 3.03. The molecule has 1 aromatic carbocycles. The van der Waals surface area contributed by atoms with E-state index < -0.39 is 11.6 Å². The topological polar surface area (TPSA) is 69.1 Å². The van der Waals surface area contributed by atoms with Crippen LogP contribution in [0.3, 0.4) is 0 Å². The molecule has 2 aromatic heterocycles. The van der Waals surface area contributed by atoms with Crippen molar-refractivity contribution in [2.75, 3.05) is 5.73 Å². The number of rotatable bonds is 1. The number of hydrogen-bond donors (Lipinski definition) is 1. The SMILES string of the molecule is Cc1cc(C)n2c(-c3cc(F)c(F)cc3N)nnc2n1. The summed E-state index contributed by atoms with van der Waals surface area (Å²) in [6.45, 7) is 3.69. The van der Waals surface area contributed by atoms with Gasteiger partial charge in [0.25, 0.3) is 5.78 Å². The molecule has 20 heavy (non-hydrogen) atoms. The van der Waals surface area contributed by atoms with Crippen molar-refractivity contribution in [1.29, 1.82) is 0 Å². The minimum atomic E-state index is -0.995. The lowest BCUT2D eigenvalue weighted by atomic mass is 10.1. The van der Waals surface area contributed by atoms with Gasteiger partial charge >= 0.3 is 0 Å². The van der Waals surface area contributed by atoms with Gasteiger partial charge in [-0.3, -0.25) is 4.40 Å². The fourth-order valence-electron chi connectivity index (χ4n) is 2.16. The summed E-state index contributed by atoms with van der Waals surface area (Å²) in [5.74, 6) is -1.25. The van der Waals surface area contributed by atoms with Crippen LogP contribution in [0, 0.1) is 25.5 Å². The maximum Gasteiger partial charge on any atom is 0.255 e. The number of nitrogen functional groups attached to an aromatic ring is 1. The Morgan fingerprint density at radius 3 is 2.50 bits per heavy atom. The smallest absolute Gasteiger partial charge is 0.255 e. The molecule has 0 unspecified atom stereocenters. The van der Waals surface area contributed by atoms with E-state index >= 15 is 0 Å². The van der Waals surface area contributed by atoms with Crippen LogP contribution in [0.15, 0.2) is 18.2 Å². The first-order chi connectivity index (χ1) is 9.47. The van der Waals surface area contributed by atoms with E-state index in [1.165, 1.54) is 0 Å². The van der Waals surface area contributed by atoms with Gasteiger partial charge in [-0.25, -0.2) is 13.8 Å². The third-order valence-corrected chi connectivity index (χ3v) is 3.03. The Morgan fingerprint density at radius 2 is 1.75 bits per heavy atom. The summed E-state index contributed by atoms with van der Waals surface area (Å²) in [5.41, 5.74) is 7.75. The van der Waals surface area contributed by atoms with Crippen LogP contribution in [0.2, 0.25) is 0 Å². The van der Waals surface area contributed by atoms with Crippen molar-refractivity contribution in [3.05, 3.63) is 41.2 Å². The second-order valence-electron chi connectivity index (χ2n) is 4.55. The largest absolute Gasteiger partial charge is 0.398 e. The number of aromatic nitrogens is 4. The normalized spacial score (nSPS) is 11.2. The molecule has 2 N–H and O–H groups in total. The van der Waals surface area contributed by atoms with Crippen molar-refractivity contribution >= 4 is 11.5 Å². The molecule has 0 saturated heterocycles. The summed E-state index contributed by atoms with van der Waals surface area (Å²) >= 11 is 0. The fourth-order valence-corrected chi connectivity index (χ4v) is 2.16. The van der Waals surface area contributed by atoms with Crippen LogP contribution in [0.5, 0.6) is 0 Å². The lowest BCUT2D eigenvalue weighted by Crippen LogP contribution is -2.01. The number of anilines is 1. The lowest BCUT2D eigenvalue weighted by molar-refractivity contribution is 0.509. The number of aryl methyl sites for hydroxylation is 2. The molecule has 3 rings (SSSR count). The van der Waals surface area contributed by atoms with Crippen LogP contribution in [0.25, 0.3) is 17.2 Å². The Morgan fingerprint density at radius 1 is 1.05 bits per heavy atom. The molecular formula is C13H11F2N5. The second-order valence-corrected chi connectivity index (χ2v) is 4.55. The Balaban J connectivity index is 2.33. The molecule has 0 amide bonds. The number of hydrogen-bond acceptors (Lipinski definition) is 4. The molecule has 0 aliphatic carbocycles. The predicted octanol–water partition coefficient (Wildman–Crippen LogP) is 2.27. The van der Waals surface area contributed by atoms with E-state index in [1.54, 1.807) is 4.40 Å². The Labute approximate surface area is 113 Å². The third kappa shape index (κ3) is 1.78. The Bertz CT molecular complexity index is 825. The van der Waals surface area contributed by atoms with Crippen molar-refractivity contribution in [2.45, 2.75) is 13.8 Å². The molecule has 0 spiro atoms. The first-order valence-electron chi connectivity index (χ1n) is 5.91. The summed E-state index contributed by atoms with van der Waals surface area (Å²) in [7, 11) is 0. The molecule has 2 heterocycles. The first kappa shape index (κ1) is 12.5. The first-order valence-corrected chi connectivity index (χ1v) is 5.91. The van der Waals surface area contributed by atoms with Crippen LogP contribution in [0.1, 0.15) is 11.4 Å². The van der Waals surface area contributed by atoms with Gasteiger partial charge in [0.05, 0.1) is 0 Å². The molecule has 5 nitrogen and oxygen atoms in total. The molecule has 3 aromatic rings. The molecule has 0 radical (unpaired) electrons. The minimum Gasteiger partial charge on any atom is -0.398 e. The average molecular weight is 275 g/mol. The van der Waals surface area contributed by atoms with Crippen molar-refractivity contribution in [3.8, 4) is 11.4 Å². The highest BCUT2D eigenvalue weighted by Gasteiger charge is 2.16. The highest BCUT2D eigenvalue weighted by atomic mass is 19.2. The minimum absolute atomic E-state index is 0.0955. The number of nitrogens with zero attached hydrogens (tertiary/aromatic N) is 4. The van der Waals surface area contributed by atoms with Gasteiger partial charge in [-0.05, 0) is 26.0 Å². The molecule has 0 fully saturated rings. The van der Waals surface area contributed by atoms with Crippen LogP contribution in [0.4, 0.5) is 14.5 Å². The molecular weight excluding hydrogens is 264 g/mol. The van der Waals surface area contributed by atoms with E-state index in [9.17, 15) is 8.78 Å². The molecule has 0 atom stereocenters. The highest BCUT2D eigenvalue weighted by Crippen LogP contribution is 2.27. The number of benzene rings is 1. The Hall–Kier alpha value is -2.57.